The number of hydrogen-bond donors (Lipinski definition) is 0. The first-order valence-corrected chi connectivity index (χ1v) is 4.04. The van der Waals surface area contributed by atoms with Crippen molar-refractivity contribution < 1.29 is 19.1 Å². The van der Waals surface area contributed by atoms with Gasteiger partial charge in [0, 0.05) is 12.3 Å². The van der Waals surface area contributed by atoms with Crippen molar-refractivity contribution in [3.63, 3.8) is 0 Å². The zero-order chi connectivity index (χ0) is 10.4. The normalized spacial score (nSPS) is 9.21. The third kappa shape index (κ3) is 2.85. The third-order valence-electron chi connectivity index (χ3n) is 1.28. The number of aromatic nitrogens is 1. The molecule has 0 bridgehead atoms. The molecule has 14 heavy (non-hydrogen) atoms. The first kappa shape index (κ1) is 10.2. The van der Waals surface area contributed by atoms with Gasteiger partial charge in [0.05, 0.1) is 6.61 Å². The summed E-state index contributed by atoms with van der Waals surface area (Å²) in [6.45, 7) is 1.74. The number of ether oxygens (including phenoxy) is 2. The molecular formula is C9H9NO4. The maximum absolute atomic E-state index is 11.0. The van der Waals surface area contributed by atoms with E-state index in [0.29, 0.717) is 0 Å². The SMILES string of the molecule is CCOC(=O)C(=O)Oc1ccccn1. The van der Waals surface area contributed by atoms with Crippen molar-refractivity contribution in [2.45, 2.75) is 6.92 Å². The summed E-state index contributed by atoms with van der Waals surface area (Å²) in [5, 5.41) is 0. The van der Waals surface area contributed by atoms with Crippen molar-refractivity contribution >= 4 is 11.9 Å². The van der Waals surface area contributed by atoms with Crippen molar-refractivity contribution in [2.24, 2.45) is 0 Å². The Morgan fingerprint density at radius 1 is 1.36 bits per heavy atom. The van der Waals surface area contributed by atoms with E-state index in [0.717, 1.165) is 0 Å². The van der Waals surface area contributed by atoms with Crippen LogP contribution in [0.1, 0.15) is 6.92 Å². The molecule has 0 N–H and O–H groups in total. The average molecular weight is 195 g/mol. The smallest absolute Gasteiger partial charge is 0.424 e. The summed E-state index contributed by atoms with van der Waals surface area (Å²) in [4.78, 5) is 25.5. The Labute approximate surface area is 80.7 Å². The Morgan fingerprint density at radius 3 is 2.71 bits per heavy atom. The van der Waals surface area contributed by atoms with Gasteiger partial charge in [0.15, 0.2) is 0 Å². The molecule has 0 fully saturated rings. The standard InChI is InChI=1S/C9H9NO4/c1-2-13-8(11)9(12)14-7-5-3-4-6-10-7/h3-6H,2H2,1H3. The first-order valence-electron chi connectivity index (χ1n) is 4.04. The van der Waals surface area contributed by atoms with Crippen molar-refractivity contribution in [2.75, 3.05) is 6.61 Å². The molecule has 0 atom stereocenters. The summed E-state index contributed by atoms with van der Waals surface area (Å²) in [7, 11) is 0. The molecule has 5 nitrogen and oxygen atoms in total. The van der Waals surface area contributed by atoms with E-state index < -0.39 is 11.9 Å². The van der Waals surface area contributed by atoms with Gasteiger partial charge in [0.1, 0.15) is 0 Å². The highest BCUT2D eigenvalue weighted by molar-refractivity contribution is 6.30. The highest BCUT2D eigenvalue weighted by atomic mass is 16.6. The van der Waals surface area contributed by atoms with E-state index in [1.54, 1.807) is 19.1 Å². The van der Waals surface area contributed by atoms with Gasteiger partial charge in [-0.1, -0.05) is 6.07 Å². The van der Waals surface area contributed by atoms with Crippen LogP contribution in [-0.4, -0.2) is 23.5 Å². The van der Waals surface area contributed by atoms with E-state index in [9.17, 15) is 9.59 Å². The molecular weight excluding hydrogens is 186 g/mol. The highest BCUT2D eigenvalue weighted by Gasteiger charge is 2.17. The summed E-state index contributed by atoms with van der Waals surface area (Å²) in [5.74, 6) is -2.01. The molecule has 1 aromatic heterocycles. The molecule has 0 aromatic carbocycles. The van der Waals surface area contributed by atoms with E-state index >= 15 is 0 Å². The lowest BCUT2D eigenvalue weighted by molar-refractivity contribution is -0.162. The van der Waals surface area contributed by atoms with Crippen LogP contribution in [0.3, 0.4) is 0 Å². The van der Waals surface area contributed by atoms with Gasteiger partial charge in [0.25, 0.3) is 0 Å². The summed E-state index contributed by atoms with van der Waals surface area (Å²) in [6, 6.07) is 4.78. The number of esters is 2. The van der Waals surface area contributed by atoms with Crippen LogP contribution < -0.4 is 4.74 Å². The number of hydrogen-bond acceptors (Lipinski definition) is 5. The van der Waals surface area contributed by atoms with E-state index in [1.807, 2.05) is 0 Å². The fourth-order valence-corrected chi connectivity index (χ4v) is 0.734. The zero-order valence-electron chi connectivity index (χ0n) is 7.60. The van der Waals surface area contributed by atoms with Gasteiger partial charge in [0.2, 0.25) is 5.88 Å². The number of pyridine rings is 1. The molecule has 0 unspecified atom stereocenters. The fraction of sp³-hybridized carbons (Fsp3) is 0.222. The van der Waals surface area contributed by atoms with Gasteiger partial charge >= 0.3 is 11.9 Å². The predicted molar refractivity (Wildman–Crippen MR) is 46.5 cm³/mol. The lowest BCUT2D eigenvalue weighted by Crippen LogP contribution is -2.23. The van der Waals surface area contributed by atoms with Crippen LogP contribution in [0, 0.1) is 0 Å². The minimum atomic E-state index is -1.06. The number of nitrogens with zero attached hydrogens (tertiary/aromatic N) is 1. The van der Waals surface area contributed by atoms with Crippen LogP contribution in [0.2, 0.25) is 0 Å². The summed E-state index contributed by atoms with van der Waals surface area (Å²) in [5.41, 5.74) is 0. The molecule has 0 radical (unpaired) electrons. The van der Waals surface area contributed by atoms with Crippen LogP contribution in [0.15, 0.2) is 24.4 Å². The van der Waals surface area contributed by atoms with E-state index in [2.05, 4.69) is 14.5 Å². The molecule has 1 aromatic rings. The monoisotopic (exact) mass is 195 g/mol. The van der Waals surface area contributed by atoms with Gasteiger partial charge in [-0.05, 0) is 13.0 Å². The topological polar surface area (TPSA) is 65.5 Å². The number of carbonyl (C=O) groups excluding carboxylic acids is 2. The van der Waals surface area contributed by atoms with Crippen LogP contribution in [0.4, 0.5) is 0 Å². The van der Waals surface area contributed by atoms with E-state index in [1.165, 1.54) is 12.3 Å². The second kappa shape index (κ2) is 4.96. The fourth-order valence-electron chi connectivity index (χ4n) is 0.734. The Balaban J connectivity index is 2.53. The maximum atomic E-state index is 11.0. The molecule has 0 aliphatic heterocycles. The molecule has 0 saturated carbocycles. The molecule has 0 saturated heterocycles. The Kier molecular flexibility index (Phi) is 3.60. The molecule has 0 aliphatic rings. The Bertz CT molecular complexity index is 323. The lowest BCUT2D eigenvalue weighted by Gasteiger charge is -2.01. The third-order valence-corrected chi connectivity index (χ3v) is 1.28. The maximum Gasteiger partial charge on any atom is 0.424 e. The lowest BCUT2D eigenvalue weighted by atomic mass is 10.5. The van der Waals surface area contributed by atoms with E-state index in [-0.39, 0.29) is 12.5 Å². The van der Waals surface area contributed by atoms with Gasteiger partial charge in [-0.25, -0.2) is 14.6 Å². The van der Waals surface area contributed by atoms with Crippen LogP contribution in [-0.2, 0) is 14.3 Å². The Morgan fingerprint density at radius 2 is 2.14 bits per heavy atom. The van der Waals surface area contributed by atoms with Crippen LogP contribution in [0.25, 0.3) is 0 Å². The van der Waals surface area contributed by atoms with Crippen LogP contribution >= 0.6 is 0 Å². The minimum Gasteiger partial charge on any atom is -0.458 e. The molecule has 74 valence electrons. The summed E-state index contributed by atoms with van der Waals surface area (Å²) in [6.07, 6.45) is 1.45. The van der Waals surface area contributed by atoms with Crippen molar-refractivity contribution in [1.29, 1.82) is 0 Å². The van der Waals surface area contributed by atoms with Gasteiger partial charge in [-0.2, -0.15) is 0 Å². The molecule has 0 amide bonds. The zero-order valence-corrected chi connectivity index (χ0v) is 7.60. The van der Waals surface area contributed by atoms with E-state index in [4.69, 9.17) is 0 Å². The molecule has 0 spiro atoms. The molecule has 5 heteroatoms. The molecule has 1 rings (SSSR count). The van der Waals surface area contributed by atoms with Crippen molar-refractivity contribution in [1.82, 2.24) is 4.98 Å². The second-order valence-electron chi connectivity index (χ2n) is 2.28. The first-order chi connectivity index (χ1) is 6.74. The molecule has 1 heterocycles. The molecule has 0 aliphatic carbocycles. The van der Waals surface area contributed by atoms with Crippen molar-refractivity contribution in [3.05, 3.63) is 24.4 Å². The van der Waals surface area contributed by atoms with Crippen molar-refractivity contribution in [3.8, 4) is 5.88 Å². The van der Waals surface area contributed by atoms with Crippen LogP contribution in [0.5, 0.6) is 5.88 Å². The highest BCUT2D eigenvalue weighted by Crippen LogP contribution is 2.03. The quantitative estimate of drug-likeness (QED) is 0.509. The summed E-state index contributed by atoms with van der Waals surface area (Å²) < 4.78 is 9.04. The Hall–Kier alpha value is -1.91. The average Bonchev–Trinajstić information content (AvgIpc) is 2.19. The van der Waals surface area contributed by atoms with Gasteiger partial charge in [-0.15, -0.1) is 0 Å². The predicted octanol–water partition coefficient (Wildman–Crippen LogP) is 0.550. The number of carbonyl (C=O) groups is 2. The van der Waals surface area contributed by atoms with Gasteiger partial charge in [-0.3, -0.25) is 0 Å². The number of rotatable bonds is 2. The minimum absolute atomic E-state index is 0.0746. The van der Waals surface area contributed by atoms with Gasteiger partial charge < -0.3 is 9.47 Å². The summed E-state index contributed by atoms with van der Waals surface area (Å²) >= 11 is 0. The second-order valence-corrected chi connectivity index (χ2v) is 2.28. The largest absolute Gasteiger partial charge is 0.458 e.